The zero-order valence-corrected chi connectivity index (χ0v) is 13.2. The molecular weight excluding hydrogens is 248 g/mol. The largest absolute Gasteiger partial charge is 0.481 e. The Balaban J connectivity index is 1.65. The Morgan fingerprint density at radius 1 is 0.850 bits per heavy atom. The molecule has 0 spiro atoms. The molecule has 2 aliphatic carbocycles. The molecule has 0 aromatic carbocycles. The van der Waals surface area contributed by atoms with E-state index in [1.54, 1.807) is 0 Å². The summed E-state index contributed by atoms with van der Waals surface area (Å²) in [7, 11) is 0. The average molecular weight is 280 g/mol. The molecule has 0 atom stereocenters. The third kappa shape index (κ3) is 4.79. The third-order valence-corrected chi connectivity index (χ3v) is 5.91. The molecule has 0 amide bonds. The van der Waals surface area contributed by atoms with Crippen molar-refractivity contribution >= 4 is 5.97 Å². The lowest BCUT2D eigenvalue weighted by Crippen LogP contribution is -2.26. The molecule has 0 aromatic heterocycles. The molecule has 2 heteroatoms. The molecule has 116 valence electrons. The molecule has 2 saturated carbocycles. The van der Waals surface area contributed by atoms with E-state index in [9.17, 15) is 4.79 Å². The number of hydrogen-bond donors (Lipinski definition) is 1. The SMILES string of the molecule is CCCC1CCC(C2CCC(CCC(=O)O)CC2)CC1. The van der Waals surface area contributed by atoms with Crippen molar-refractivity contribution < 1.29 is 9.90 Å². The molecule has 2 nitrogen and oxygen atoms in total. The lowest BCUT2D eigenvalue weighted by atomic mass is 9.68. The van der Waals surface area contributed by atoms with E-state index in [1.807, 2.05) is 0 Å². The number of aliphatic carboxylic acids is 1. The fourth-order valence-electron chi connectivity index (χ4n) is 4.63. The molecule has 2 rings (SSSR count). The smallest absolute Gasteiger partial charge is 0.303 e. The number of carboxylic acids is 1. The van der Waals surface area contributed by atoms with Gasteiger partial charge < -0.3 is 5.11 Å². The van der Waals surface area contributed by atoms with Gasteiger partial charge in [-0.05, 0) is 55.8 Å². The van der Waals surface area contributed by atoms with E-state index in [-0.39, 0.29) is 0 Å². The first-order chi connectivity index (χ1) is 9.69. The predicted octanol–water partition coefficient (Wildman–Crippen LogP) is 5.26. The van der Waals surface area contributed by atoms with Crippen molar-refractivity contribution in [3.05, 3.63) is 0 Å². The van der Waals surface area contributed by atoms with Crippen LogP contribution in [0.15, 0.2) is 0 Å². The van der Waals surface area contributed by atoms with Crippen molar-refractivity contribution in [2.45, 2.75) is 84.0 Å². The summed E-state index contributed by atoms with van der Waals surface area (Å²) in [6.45, 7) is 2.31. The molecular formula is C18H32O2. The minimum absolute atomic E-state index is 0.372. The van der Waals surface area contributed by atoms with Crippen LogP contribution < -0.4 is 0 Å². The molecule has 0 aromatic rings. The molecule has 20 heavy (non-hydrogen) atoms. The maximum absolute atomic E-state index is 10.6. The van der Waals surface area contributed by atoms with Gasteiger partial charge in [0.05, 0.1) is 0 Å². The third-order valence-electron chi connectivity index (χ3n) is 5.91. The van der Waals surface area contributed by atoms with Crippen LogP contribution in [0.25, 0.3) is 0 Å². The highest BCUT2D eigenvalue weighted by Gasteiger charge is 2.30. The van der Waals surface area contributed by atoms with E-state index < -0.39 is 5.97 Å². The van der Waals surface area contributed by atoms with Gasteiger partial charge in [0.15, 0.2) is 0 Å². The number of rotatable bonds is 6. The Morgan fingerprint density at radius 2 is 1.30 bits per heavy atom. The summed E-state index contributed by atoms with van der Waals surface area (Å²) in [5, 5.41) is 8.77. The summed E-state index contributed by atoms with van der Waals surface area (Å²) in [6, 6.07) is 0. The van der Waals surface area contributed by atoms with Crippen molar-refractivity contribution in [3.63, 3.8) is 0 Å². The Kier molecular flexibility index (Phi) is 6.38. The summed E-state index contributed by atoms with van der Waals surface area (Å²) >= 11 is 0. The van der Waals surface area contributed by atoms with Crippen LogP contribution in [0.2, 0.25) is 0 Å². The van der Waals surface area contributed by atoms with Crippen LogP contribution in [0.4, 0.5) is 0 Å². The highest BCUT2D eigenvalue weighted by Crippen LogP contribution is 2.42. The topological polar surface area (TPSA) is 37.3 Å². The summed E-state index contributed by atoms with van der Waals surface area (Å²) in [6.07, 6.45) is 15.3. The number of carboxylic acid groups (broad SMARTS) is 1. The molecule has 0 saturated heterocycles. The first kappa shape index (κ1) is 15.9. The van der Waals surface area contributed by atoms with Gasteiger partial charge in [-0.1, -0.05) is 45.4 Å². The van der Waals surface area contributed by atoms with Gasteiger partial charge >= 0.3 is 5.97 Å². The van der Waals surface area contributed by atoms with E-state index in [2.05, 4.69) is 6.92 Å². The first-order valence-electron chi connectivity index (χ1n) is 8.90. The monoisotopic (exact) mass is 280 g/mol. The number of carbonyl (C=O) groups is 1. The van der Waals surface area contributed by atoms with Crippen LogP contribution in [0.5, 0.6) is 0 Å². The van der Waals surface area contributed by atoms with Crippen molar-refractivity contribution in [2.24, 2.45) is 23.7 Å². The van der Waals surface area contributed by atoms with Crippen molar-refractivity contribution in [3.8, 4) is 0 Å². The van der Waals surface area contributed by atoms with Gasteiger partial charge in [-0.25, -0.2) is 0 Å². The maximum Gasteiger partial charge on any atom is 0.303 e. The van der Waals surface area contributed by atoms with Crippen LogP contribution in [0.1, 0.15) is 84.0 Å². The highest BCUT2D eigenvalue weighted by molar-refractivity contribution is 5.66. The van der Waals surface area contributed by atoms with Crippen molar-refractivity contribution in [1.29, 1.82) is 0 Å². The lowest BCUT2D eigenvalue weighted by Gasteiger charge is -2.37. The van der Waals surface area contributed by atoms with Gasteiger partial charge in [-0.15, -0.1) is 0 Å². The fourth-order valence-corrected chi connectivity index (χ4v) is 4.63. The molecule has 0 bridgehead atoms. The van der Waals surface area contributed by atoms with E-state index in [0.29, 0.717) is 12.3 Å². The van der Waals surface area contributed by atoms with E-state index in [0.717, 1.165) is 24.2 Å². The fraction of sp³-hybridized carbons (Fsp3) is 0.944. The van der Waals surface area contributed by atoms with Gasteiger partial charge in [0.2, 0.25) is 0 Å². The van der Waals surface area contributed by atoms with Crippen LogP contribution in [0, 0.1) is 23.7 Å². The van der Waals surface area contributed by atoms with Crippen LogP contribution in [0.3, 0.4) is 0 Å². The summed E-state index contributed by atoms with van der Waals surface area (Å²) in [5.74, 6) is 3.03. The zero-order valence-electron chi connectivity index (χ0n) is 13.2. The molecule has 0 aliphatic heterocycles. The van der Waals surface area contributed by atoms with Gasteiger partial charge in [0.1, 0.15) is 0 Å². The van der Waals surface area contributed by atoms with Crippen LogP contribution in [-0.4, -0.2) is 11.1 Å². The summed E-state index contributed by atoms with van der Waals surface area (Å²) < 4.78 is 0. The van der Waals surface area contributed by atoms with Crippen LogP contribution in [-0.2, 0) is 4.79 Å². The molecule has 0 radical (unpaired) electrons. The van der Waals surface area contributed by atoms with E-state index in [4.69, 9.17) is 5.11 Å². The summed E-state index contributed by atoms with van der Waals surface area (Å²) in [4.78, 5) is 10.6. The maximum atomic E-state index is 10.6. The minimum Gasteiger partial charge on any atom is -0.481 e. The molecule has 2 fully saturated rings. The normalized spacial score (nSPS) is 34.9. The van der Waals surface area contributed by atoms with E-state index >= 15 is 0 Å². The Morgan fingerprint density at radius 3 is 1.70 bits per heavy atom. The Bertz CT molecular complexity index is 284. The quantitative estimate of drug-likeness (QED) is 0.720. The lowest BCUT2D eigenvalue weighted by molar-refractivity contribution is -0.137. The number of hydrogen-bond acceptors (Lipinski definition) is 1. The van der Waals surface area contributed by atoms with Gasteiger partial charge in [-0.2, -0.15) is 0 Å². The van der Waals surface area contributed by atoms with Gasteiger partial charge in [-0.3, -0.25) is 4.79 Å². The second-order valence-corrected chi connectivity index (χ2v) is 7.28. The minimum atomic E-state index is -0.624. The first-order valence-corrected chi connectivity index (χ1v) is 8.90. The Labute approximate surface area is 124 Å². The van der Waals surface area contributed by atoms with Crippen molar-refractivity contribution in [1.82, 2.24) is 0 Å². The molecule has 2 aliphatic rings. The average Bonchev–Trinajstić information content (AvgIpc) is 2.47. The zero-order chi connectivity index (χ0) is 14.4. The Hall–Kier alpha value is -0.530. The molecule has 0 unspecified atom stereocenters. The van der Waals surface area contributed by atoms with Crippen LogP contribution >= 0.6 is 0 Å². The highest BCUT2D eigenvalue weighted by atomic mass is 16.4. The standard InChI is InChI=1S/C18H32O2/c1-2-3-14-4-9-16(10-5-14)17-11-6-15(7-12-17)8-13-18(19)20/h14-17H,2-13H2,1H3,(H,19,20). The van der Waals surface area contributed by atoms with Gasteiger partial charge in [0, 0.05) is 6.42 Å². The van der Waals surface area contributed by atoms with Gasteiger partial charge in [0.25, 0.3) is 0 Å². The summed E-state index contributed by atoms with van der Waals surface area (Å²) in [5.41, 5.74) is 0. The molecule has 0 heterocycles. The second kappa shape index (κ2) is 8.05. The molecule has 1 N–H and O–H groups in total. The van der Waals surface area contributed by atoms with Crippen molar-refractivity contribution in [2.75, 3.05) is 0 Å². The predicted molar refractivity (Wildman–Crippen MR) is 82.7 cm³/mol. The van der Waals surface area contributed by atoms with E-state index in [1.165, 1.54) is 64.2 Å². The second-order valence-electron chi connectivity index (χ2n) is 7.28.